The van der Waals surface area contributed by atoms with Gasteiger partial charge in [-0.2, -0.15) is 4.31 Å². The number of amides is 1. The molecule has 2 fully saturated rings. The maximum Gasteiger partial charge on any atom is 0.254 e. The van der Waals surface area contributed by atoms with Gasteiger partial charge in [-0.1, -0.05) is 19.9 Å². The number of benzene rings is 1. The number of carbonyl (C=O) groups is 1. The van der Waals surface area contributed by atoms with Crippen LogP contribution in [0.5, 0.6) is 0 Å². The summed E-state index contributed by atoms with van der Waals surface area (Å²) in [6.45, 7) is 10.1. The molecule has 1 amide bonds. The van der Waals surface area contributed by atoms with Crippen LogP contribution >= 0.6 is 0 Å². The average molecular weight is 395 g/mol. The molecule has 2 aliphatic heterocycles. The fourth-order valence-corrected chi connectivity index (χ4v) is 5.82. The van der Waals surface area contributed by atoms with E-state index < -0.39 is 10.0 Å². The van der Waals surface area contributed by atoms with Crippen LogP contribution in [0.25, 0.3) is 0 Å². The van der Waals surface area contributed by atoms with Crippen LogP contribution in [-0.4, -0.2) is 61.9 Å². The summed E-state index contributed by atoms with van der Waals surface area (Å²) in [5.41, 5.74) is 0.412. The van der Waals surface area contributed by atoms with Gasteiger partial charge in [-0.25, -0.2) is 8.42 Å². The molecule has 1 aromatic rings. The van der Waals surface area contributed by atoms with Gasteiger partial charge in [0.05, 0.1) is 23.6 Å². The lowest BCUT2D eigenvalue weighted by Crippen LogP contribution is -2.50. The van der Waals surface area contributed by atoms with Crippen molar-refractivity contribution in [3.8, 4) is 0 Å². The first-order valence-corrected chi connectivity index (χ1v) is 11.1. The topological polar surface area (TPSA) is 66.9 Å². The van der Waals surface area contributed by atoms with Crippen molar-refractivity contribution in [3.63, 3.8) is 0 Å². The van der Waals surface area contributed by atoms with Crippen molar-refractivity contribution in [2.24, 2.45) is 11.8 Å². The van der Waals surface area contributed by atoms with Gasteiger partial charge in [-0.15, -0.1) is 0 Å². The monoisotopic (exact) mass is 394 g/mol. The highest BCUT2D eigenvalue weighted by atomic mass is 32.2. The lowest BCUT2D eigenvalue weighted by atomic mass is 9.94. The summed E-state index contributed by atoms with van der Waals surface area (Å²) in [5.74, 6) is 0.531. The van der Waals surface area contributed by atoms with Crippen molar-refractivity contribution in [2.75, 3.05) is 26.2 Å². The van der Waals surface area contributed by atoms with E-state index in [9.17, 15) is 13.2 Å². The second-order valence-corrected chi connectivity index (χ2v) is 10.2. The van der Waals surface area contributed by atoms with Gasteiger partial charge in [0.2, 0.25) is 10.0 Å². The Morgan fingerprint density at radius 1 is 1.07 bits per heavy atom. The molecule has 0 aliphatic carbocycles. The van der Waals surface area contributed by atoms with Crippen LogP contribution in [0.3, 0.4) is 0 Å². The summed E-state index contributed by atoms with van der Waals surface area (Å²) in [6, 6.07) is 6.43. The van der Waals surface area contributed by atoms with Crippen LogP contribution in [0.1, 0.15) is 44.5 Å². The van der Waals surface area contributed by atoms with Crippen molar-refractivity contribution in [2.45, 2.75) is 51.2 Å². The van der Waals surface area contributed by atoms with Crippen molar-refractivity contribution < 1.29 is 17.9 Å². The third kappa shape index (κ3) is 4.36. The minimum Gasteiger partial charge on any atom is -0.375 e. The smallest absolute Gasteiger partial charge is 0.254 e. The summed E-state index contributed by atoms with van der Waals surface area (Å²) < 4.78 is 33.4. The molecule has 150 valence electrons. The van der Waals surface area contributed by atoms with Gasteiger partial charge in [0.15, 0.2) is 0 Å². The Morgan fingerprint density at radius 2 is 1.74 bits per heavy atom. The summed E-state index contributed by atoms with van der Waals surface area (Å²) in [6.07, 6.45) is 1.02. The molecule has 27 heavy (non-hydrogen) atoms. The molecule has 4 atom stereocenters. The first-order valence-electron chi connectivity index (χ1n) is 9.71. The van der Waals surface area contributed by atoms with E-state index in [1.165, 1.54) is 6.07 Å². The molecular weight excluding hydrogens is 364 g/mol. The molecule has 7 heteroatoms. The zero-order valence-corrected chi connectivity index (χ0v) is 17.4. The predicted octanol–water partition coefficient (Wildman–Crippen LogP) is 2.60. The van der Waals surface area contributed by atoms with Gasteiger partial charge in [0, 0.05) is 25.2 Å². The molecule has 3 rings (SSSR count). The first kappa shape index (κ1) is 20.3. The van der Waals surface area contributed by atoms with E-state index in [1.807, 2.05) is 13.8 Å². The van der Waals surface area contributed by atoms with E-state index in [4.69, 9.17) is 4.74 Å². The van der Waals surface area contributed by atoms with Gasteiger partial charge in [-0.05, 0) is 50.3 Å². The Labute approximate surface area is 162 Å². The van der Waals surface area contributed by atoms with Crippen LogP contribution in [0.2, 0.25) is 0 Å². The number of sulfonamides is 1. The Kier molecular flexibility index (Phi) is 5.93. The maximum atomic E-state index is 13.1. The lowest BCUT2D eigenvalue weighted by molar-refractivity contribution is -0.0387. The lowest BCUT2D eigenvalue weighted by Gasteiger charge is -2.37. The molecule has 0 radical (unpaired) electrons. The fraction of sp³-hybridized carbons (Fsp3) is 0.650. The number of morpholine rings is 1. The second kappa shape index (κ2) is 7.89. The molecule has 0 aromatic heterocycles. The van der Waals surface area contributed by atoms with Crippen LogP contribution in [0, 0.1) is 11.8 Å². The highest BCUT2D eigenvalue weighted by molar-refractivity contribution is 7.89. The van der Waals surface area contributed by atoms with Gasteiger partial charge in [-0.3, -0.25) is 4.79 Å². The first-order chi connectivity index (χ1) is 12.7. The molecule has 0 saturated carbocycles. The van der Waals surface area contributed by atoms with Gasteiger partial charge in [0.1, 0.15) is 0 Å². The Bertz CT molecular complexity index is 785. The Balaban J connectivity index is 1.85. The van der Waals surface area contributed by atoms with E-state index in [0.29, 0.717) is 43.6 Å². The third-order valence-corrected chi connectivity index (χ3v) is 7.25. The third-order valence-electron chi connectivity index (χ3n) is 5.42. The van der Waals surface area contributed by atoms with Gasteiger partial charge < -0.3 is 9.64 Å². The van der Waals surface area contributed by atoms with Crippen LogP contribution in [0.4, 0.5) is 0 Å². The van der Waals surface area contributed by atoms with Crippen molar-refractivity contribution in [3.05, 3.63) is 29.8 Å². The van der Waals surface area contributed by atoms with Gasteiger partial charge >= 0.3 is 0 Å². The van der Waals surface area contributed by atoms with Crippen molar-refractivity contribution in [1.82, 2.24) is 9.21 Å². The number of hydrogen-bond acceptors (Lipinski definition) is 4. The van der Waals surface area contributed by atoms with Crippen LogP contribution < -0.4 is 0 Å². The van der Waals surface area contributed by atoms with E-state index >= 15 is 0 Å². The summed E-state index contributed by atoms with van der Waals surface area (Å²) >= 11 is 0. The molecule has 6 nitrogen and oxygen atoms in total. The molecule has 2 aliphatic rings. The van der Waals surface area contributed by atoms with E-state index in [2.05, 4.69) is 13.8 Å². The highest BCUT2D eigenvalue weighted by Gasteiger charge is 2.33. The van der Waals surface area contributed by atoms with E-state index in [1.54, 1.807) is 27.4 Å². The number of ether oxygens (including phenoxy) is 1. The number of hydrogen-bond donors (Lipinski definition) is 0. The number of piperidine rings is 1. The quantitative estimate of drug-likeness (QED) is 0.790. The number of nitrogens with zero attached hydrogens (tertiary/aromatic N) is 2. The van der Waals surface area contributed by atoms with E-state index in [0.717, 1.165) is 6.42 Å². The second-order valence-electron chi connectivity index (χ2n) is 8.25. The van der Waals surface area contributed by atoms with E-state index in [-0.39, 0.29) is 22.9 Å². The normalized spacial score (nSPS) is 30.3. The zero-order chi connectivity index (χ0) is 19.8. The van der Waals surface area contributed by atoms with Crippen LogP contribution in [0.15, 0.2) is 29.2 Å². The Hall–Kier alpha value is -1.44. The molecule has 0 spiro atoms. The van der Waals surface area contributed by atoms with Gasteiger partial charge in [0.25, 0.3) is 5.91 Å². The molecule has 1 aromatic carbocycles. The molecular formula is C20H30N2O4S. The molecule has 0 N–H and O–H groups in total. The summed E-state index contributed by atoms with van der Waals surface area (Å²) in [4.78, 5) is 14.9. The van der Waals surface area contributed by atoms with Crippen LogP contribution in [-0.2, 0) is 14.8 Å². The standard InChI is InChI=1S/C20H30N2O4S/c1-14-8-15(2)11-21(10-14)27(24,25)19-7-5-6-18(9-19)20(23)22-12-17(4)26-13-16(22)3/h5-7,9,14-17H,8,10-13H2,1-4H3. The number of carbonyl (C=O) groups excluding carboxylic acids is 1. The highest BCUT2D eigenvalue weighted by Crippen LogP contribution is 2.27. The van der Waals surface area contributed by atoms with Crippen molar-refractivity contribution >= 4 is 15.9 Å². The number of rotatable bonds is 3. The minimum absolute atomic E-state index is 0.0200. The molecule has 4 unspecified atom stereocenters. The zero-order valence-electron chi connectivity index (χ0n) is 16.6. The summed E-state index contributed by atoms with van der Waals surface area (Å²) in [5, 5.41) is 0. The Morgan fingerprint density at radius 3 is 2.41 bits per heavy atom. The molecule has 0 bridgehead atoms. The average Bonchev–Trinajstić information content (AvgIpc) is 2.62. The SMILES string of the molecule is CC1CC(C)CN(S(=O)(=O)c2cccc(C(=O)N3CC(C)OCC3C)c2)C1. The summed E-state index contributed by atoms with van der Waals surface area (Å²) in [7, 11) is -3.60. The minimum atomic E-state index is -3.60. The molecule has 2 heterocycles. The predicted molar refractivity (Wildman–Crippen MR) is 104 cm³/mol. The van der Waals surface area contributed by atoms with Crippen molar-refractivity contribution in [1.29, 1.82) is 0 Å². The largest absolute Gasteiger partial charge is 0.375 e. The maximum absolute atomic E-state index is 13.1. The fourth-order valence-electron chi connectivity index (χ4n) is 4.09. The molecule has 2 saturated heterocycles.